The average Bonchev–Trinajstić information content (AvgIpc) is 2.37. The summed E-state index contributed by atoms with van der Waals surface area (Å²) in [6, 6.07) is 3.61. The van der Waals surface area contributed by atoms with Crippen LogP contribution in [-0.2, 0) is 6.18 Å². The number of halogens is 3. The molecule has 0 amide bonds. The van der Waals surface area contributed by atoms with E-state index in [1.54, 1.807) is 0 Å². The highest BCUT2D eigenvalue weighted by atomic mass is 19.4. The summed E-state index contributed by atoms with van der Waals surface area (Å²) in [5.74, 6) is 0.393. The van der Waals surface area contributed by atoms with E-state index in [-0.39, 0.29) is 6.10 Å². The third kappa shape index (κ3) is 2.03. The van der Waals surface area contributed by atoms with Crippen LogP contribution in [0.5, 0.6) is 5.88 Å². The van der Waals surface area contributed by atoms with E-state index < -0.39 is 11.7 Å². The third-order valence-corrected chi connectivity index (χ3v) is 3.42. The van der Waals surface area contributed by atoms with E-state index in [2.05, 4.69) is 4.98 Å². The van der Waals surface area contributed by atoms with Gasteiger partial charge in [0.2, 0.25) is 5.88 Å². The second-order valence-electron chi connectivity index (χ2n) is 4.87. The molecule has 0 N–H and O–H groups in total. The monoisotopic (exact) mass is 279 g/mol. The highest BCUT2D eigenvalue weighted by molar-refractivity contribution is 5.87. The molecule has 20 heavy (non-hydrogen) atoms. The van der Waals surface area contributed by atoms with E-state index in [0.717, 1.165) is 23.3 Å². The molecule has 1 unspecified atom stereocenters. The van der Waals surface area contributed by atoms with Crippen molar-refractivity contribution in [3.63, 3.8) is 0 Å². The minimum atomic E-state index is -4.37. The molecule has 1 aliphatic heterocycles. The standard InChI is InChI=1S/C15H12F3NO/c1-8-3-5-12-9(2)11-6-4-10(15(16,17)18)7-13(11)19-14(12)20-8/h3-8H,1-2H3. The fraction of sp³-hybridized carbons (Fsp3) is 0.267. The van der Waals surface area contributed by atoms with Gasteiger partial charge in [-0.15, -0.1) is 0 Å². The highest BCUT2D eigenvalue weighted by Crippen LogP contribution is 2.35. The van der Waals surface area contributed by atoms with Crippen molar-refractivity contribution in [3.05, 3.63) is 41.0 Å². The number of pyridine rings is 1. The Hall–Kier alpha value is -2.04. The van der Waals surface area contributed by atoms with Gasteiger partial charge < -0.3 is 4.74 Å². The van der Waals surface area contributed by atoms with Crippen molar-refractivity contribution < 1.29 is 17.9 Å². The molecule has 1 aliphatic rings. The Morgan fingerprint density at radius 3 is 2.70 bits per heavy atom. The molecule has 5 heteroatoms. The normalized spacial score (nSPS) is 17.9. The summed E-state index contributed by atoms with van der Waals surface area (Å²) in [6.45, 7) is 3.71. The van der Waals surface area contributed by atoms with Crippen LogP contribution in [0, 0.1) is 6.92 Å². The molecule has 0 fully saturated rings. The Morgan fingerprint density at radius 2 is 2.00 bits per heavy atom. The van der Waals surface area contributed by atoms with Crippen LogP contribution >= 0.6 is 0 Å². The lowest BCUT2D eigenvalue weighted by molar-refractivity contribution is -0.137. The third-order valence-electron chi connectivity index (χ3n) is 3.42. The van der Waals surface area contributed by atoms with Crippen LogP contribution in [0.3, 0.4) is 0 Å². The molecule has 3 rings (SSSR count). The van der Waals surface area contributed by atoms with Gasteiger partial charge in [-0.1, -0.05) is 6.07 Å². The van der Waals surface area contributed by atoms with Crippen molar-refractivity contribution in [2.24, 2.45) is 0 Å². The molecule has 1 aromatic heterocycles. The van der Waals surface area contributed by atoms with Crippen LogP contribution in [0.25, 0.3) is 17.0 Å². The minimum absolute atomic E-state index is 0.127. The maximum Gasteiger partial charge on any atom is 0.416 e. The molecular weight excluding hydrogens is 267 g/mol. The molecule has 2 heterocycles. The van der Waals surface area contributed by atoms with Gasteiger partial charge in [0.15, 0.2) is 0 Å². The molecular formula is C15H12F3NO. The second kappa shape index (κ2) is 4.23. The lowest BCUT2D eigenvalue weighted by Gasteiger charge is -2.20. The quantitative estimate of drug-likeness (QED) is 0.715. The molecule has 0 bridgehead atoms. The number of ether oxygens (including phenoxy) is 1. The molecule has 0 radical (unpaired) electrons. The lowest BCUT2D eigenvalue weighted by atomic mass is 10.0. The molecule has 0 spiro atoms. The summed E-state index contributed by atoms with van der Waals surface area (Å²) in [6.07, 6.45) is -0.693. The van der Waals surface area contributed by atoms with Crippen LogP contribution in [0.2, 0.25) is 0 Å². The zero-order valence-corrected chi connectivity index (χ0v) is 11.0. The second-order valence-corrected chi connectivity index (χ2v) is 4.87. The zero-order chi connectivity index (χ0) is 14.5. The van der Waals surface area contributed by atoms with Gasteiger partial charge in [0.05, 0.1) is 11.1 Å². The molecule has 2 aromatic rings. The minimum Gasteiger partial charge on any atom is -0.470 e. The first-order valence-electron chi connectivity index (χ1n) is 6.22. The first-order chi connectivity index (χ1) is 9.36. The van der Waals surface area contributed by atoms with Crippen molar-refractivity contribution in [2.75, 3.05) is 0 Å². The summed E-state index contributed by atoms with van der Waals surface area (Å²) in [5, 5.41) is 0.708. The first kappa shape index (κ1) is 13.0. The van der Waals surface area contributed by atoms with Crippen molar-refractivity contribution >= 4 is 17.0 Å². The van der Waals surface area contributed by atoms with E-state index in [1.165, 1.54) is 6.07 Å². The molecule has 1 aromatic carbocycles. The Bertz CT molecular complexity index is 719. The van der Waals surface area contributed by atoms with Gasteiger partial charge in [-0.2, -0.15) is 13.2 Å². The van der Waals surface area contributed by atoms with E-state index in [9.17, 15) is 13.2 Å². The molecule has 2 nitrogen and oxygen atoms in total. The highest BCUT2D eigenvalue weighted by Gasteiger charge is 2.31. The van der Waals surface area contributed by atoms with Crippen LogP contribution in [0.15, 0.2) is 24.3 Å². The van der Waals surface area contributed by atoms with Crippen LogP contribution in [-0.4, -0.2) is 11.1 Å². The van der Waals surface area contributed by atoms with Crippen LogP contribution < -0.4 is 4.74 Å². The van der Waals surface area contributed by atoms with Crippen molar-refractivity contribution in [1.82, 2.24) is 4.98 Å². The first-order valence-corrected chi connectivity index (χ1v) is 6.22. The molecule has 0 saturated heterocycles. The zero-order valence-electron chi connectivity index (χ0n) is 11.0. The van der Waals surface area contributed by atoms with Gasteiger partial charge in [0.25, 0.3) is 0 Å². The maximum absolute atomic E-state index is 12.7. The summed E-state index contributed by atoms with van der Waals surface area (Å²) >= 11 is 0. The summed E-state index contributed by atoms with van der Waals surface area (Å²) < 4.78 is 43.8. The lowest BCUT2D eigenvalue weighted by Crippen LogP contribution is -2.14. The number of alkyl halides is 3. The Kier molecular flexibility index (Phi) is 2.74. The van der Waals surface area contributed by atoms with Crippen molar-refractivity contribution in [1.29, 1.82) is 0 Å². The van der Waals surface area contributed by atoms with Gasteiger partial charge in [0, 0.05) is 10.9 Å². The Morgan fingerprint density at radius 1 is 1.25 bits per heavy atom. The molecule has 1 atom stereocenters. The van der Waals surface area contributed by atoms with E-state index in [4.69, 9.17) is 4.74 Å². The van der Waals surface area contributed by atoms with Gasteiger partial charge in [-0.3, -0.25) is 0 Å². The number of aryl methyl sites for hydroxylation is 1. The van der Waals surface area contributed by atoms with Gasteiger partial charge >= 0.3 is 6.18 Å². The fourth-order valence-corrected chi connectivity index (χ4v) is 2.33. The van der Waals surface area contributed by atoms with Crippen molar-refractivity contribution in [2.45, 2.75) is 26.1 Å². The fourth-order valence-electron chi connectivity index (χ4n) is 2.33. The largest absolute Gasteiger partial charge is 0.470 e. The molecule has 0 aliphatic carbocycles. The number of rotatable bonds is 0. The van der Waals surface area contributed by atoms with Crippen LogP contribution in [0.4, 0.5) is 13.2 Å². The SMILES string of the molecule is Cc1c2c(nc3cc(C(F)(F)F)ccc13)OC(C)C=C2. The number of aromatic nitrogens is 1. The maximum atomic E-state index is 12.7. The van der Waals surface area contributed by atoms with Gasteiger partial charge in [-0.25, -0.2) is 4.98 Å². The van der Waals surface area contributed by atoms with Gasteiger partial charge in [-0.05, 0) is 43.7 Å². The van der Waals surface area contributed by atoms with E-state index >= 15 is 0 Å². The predicted molar refractivity (Wildman–Crippen MR) is 70.6 cm³/mol. The Labute approximate surface area is 113 Å². The van der Waals surface area contributed by atoms with E-state index in [1.807, 2.05) is 26.0 Å². The molecule has 104 valence electrons. The van der Waals surface area contributed by atoms with Crippen LogP contribution in [0.1, 0.15) is 23.6 Å². The van der Waals surface area contributed by atoms with Gasteiger partial charge in [0.1, 0.15) is 6.10 Å². The number of nitrogens with zero attached hydrogens (tertiary/aromatic N) is 1. The smallest absolute Gasteiger partial charge is 0.416 e. The number of fused-ring (bicyclic) bond motifs is 2. The Balaban J connectivity index is 2.25. The molecule has 0 saturated carbocycles. The summed E-state index contributed by atoms with van der Waals surface area (Å²) in [5.41, 5.74) is 1.31. The number of hydrogen-bond acceptors (Lipinski definition) is 2. The van der Waals surface area contributed by atoms with Crippen molar-refractivity contribution in [3.8, 4) is 5.88 Å². The summed E-state index contributed by atoms with van der Waals surface area (Å²) in [7, 11) is 0. The predicted octanol–water partition coefficient (Wildman–Crippen LogP) is 4.36. The average molecular weight is 279 g/mol. The summed E-state index contributed by atoms with van der Waals surface area (Å²) in [4.78, 5) is 4.23. The van der Waals surface area contributed by atoms with E-state index in [0.29, 0.717) is 16.8 Å². The number of hydrogen-bond donors (Lipinski definition) is 0. The topological polar surface area (TPSA) is 22.1 Å². The number of benzene rings is 1.